The summed E-state index contributed by atoms with van der Waals surface area (Å²) >= 11 is 0. The molecule has 0 N–H and O–H groups in total. The molecule has 3 heterocycles. The molecule has 0 saturated heterocycles. The van der Waals surface area contributed by atoms with Crippen molar-refractivity contribution in [3.63, 3.8) is 0 Å². The van der Waals surface area contributed by atoms with Crippen LogP contribution in [-0.2, 0) is 5.41 Å². The first-order valence-electron chi connectivity index (χ1n) is 17.9. The molecule has 3 aromatic heterocycles. The van der Waals surface area contributed by atoms with Gasteiger partial charge in [-0.05, 0) is 52.1 Å². The lowest BCUT2D eigenvalue weighted by atomic mass is 9.82. The van der Waals surface area contributed by atoms with Crippen LogP contribution in [-0.4, -0.2) is 15.0 Å². The lowest BCUT2D eigenvalue weighted by Gasteiger charge is -2.21. The molecule has 5 heteroatoms. The van der Waals surface area contributed by atoms with E-state index >= 15 is 0 Å². The number of hydrogen-bond donors (Lipinski definition) is 0. The van der Waals surface area contributed by atoms with Gasteiger partial charge in [0.25, 0.3) is 0 Å². The number of benzene rings is 7. The Bertz CT molecular complexity index is 3100. The quantitative estimate of drug-likeness (QED) is 0.185. The summed E-state index contributed by atoms with van der Waals surface area (Å²) in [7, 11) is 0. The van der Waals surface area contributed by atoms with E-state index in [0.717, 1.165) is 66.3 Å². The molecule has 1 aliphatic carbocycles. The van der Waals surface area contributed by atoms with Crippen LogP contribution in [0.4, 0.5) is 0 Å². The highest BCUT2D eigenvalue weighted by Gasteiger charge is 2.37. The predicted molar refractivity (Wildman–Crippen MR) is 214 cm³/mol. The molecule has 7 aromatic carbocycles. The summed E-state index contributed by atoms with van der Waals surface area (Å²) in [6.45, 7) is 4.63. The smallest absolute Gasteiger partial charge is 0.164 e. The van der Waals surface area contributed by atoms with Gasteiger partial charge in [-0.2, -0.15) is 0 Å². The first kappa shape index (κ1) is 29.8. The number of fused-ring (bicyclic) bond motifs is 10. The van der Waals surface area contributed by atoms with Gasteiger partial charge in [-0.1, -0.05) is 141 Å². The van der Waals surface area contributed by atoms with Gasteiger partial charge in [-0.15, -0.1) is 0 Å². The Morgan fingerprint density at radius 3 is 1.94 bits per heavy atom. The van der Waals surface area contributed by atoms with Crippen molar-refractivity contribution in [3.05, 3.63) is 163 Å². The zero-order valence-electron chi connectivity index (χ0n) is 29.1. The van der Waals surface area contributed by atoms with E-state index in [1.165, 1.54) is 27.6 Å². The van der Waals surface area contributed by atoms with E-state index < -0.39 is 0 Å². The fraction of sp³-hybridized carbons (Fsp3) is 0.0625. The Balaban J connectivity index is 1.10. The second-order valence-electron chi connectivity index (χ2n) is 14.3. The van der Waals surface area contributed by atoms with Gasteiger partial charge < -0.3 is 8.83 Å². The van der Waals surface area contributed by atoms with Gasteiger partial charge in [-0.25, -0.2) is 15.0 Å². The molecular formula is C48H31N3O2. The van der Waals surface area contributed by atoms with Crippen LogP contribution in [0, 0.1) is 0 Å². The lowest BCUT2D eigenvalue weighted by molar-refractivity contribution is 0.657. The van der Waals surface area contributed by atoms with Gasteiger partial charge in [0.2, 0.25) is 0 Å². The molecule has 0 bridgehead atoms. The molecular weight excluding hydrogens is 651 g/mol. The standard InChI is InChI=1S/C48H31N3O2/c1-48(2)36-22-8-6-17-32(36)42-37(48)25-26-40-43(42)34-20-11-19-31(44(34)53-40)29-15-10-16-30(27-29)46-49-45(28-13-4-3-5-14-28)50-47(51-46)35-21-12-24-39-41(35)33-18-7-9-23-38(33)52-39/h3-27H,1-2H3. The van der Waals surface area contributed by atoms with Crippen molar-refractivity contribution < 1.29 is 8.83 Å². The number of rotatable bonds is 4. The average Bonchev–Trinajstić information content (AvgIpc) is 3.86. The highest BCUT2D eigenvalue weighted by molar-refractivity contribution is 6.17. The number of para-hydroxylation sites is 2. The molecule has 0 fully saturated rings. The zero-order chi connectivity index (χ0) is 35.3. The molecule has 11 rings (SSSR count). The minimum Gasteiger partial charge on any atom is -0.456 e. The number of furan rings is 2. The van der Waals surface area contributed by atoms with Crippen LogP contribution in [0.2, 0.25) is 0 Å². The molecule has 53 heavy (non-hydrogen) atoms. The minimum atomic E-state index is -0.0894. The van der Waals surface area contributed by atoms with Crippen molar-refractivity contribution in [3.8, 4) is 56.4 Å². The lowest BCUT2D eigenvalue weighted by Crippen LogP contribution is -2.14. The first-order valence-corrected chi connectivity index (χ1v) is 17.9. The molecule has 1 aliphatic rings. The fourth-order valence-corrected chi connectivity index (χ4v) is 8.44. The third-order valence-electron chi connectivity index (χ3n) is 10.9. The van der Waals surface area contributed by atoms with Crippen LogP contribution in [0.3, 0.4) is 0 Å². The fourth-order valence-electron chi connectivity index (χ4n) is 8.44. The molecule has 5 nitrogen and oxygen atoms in total. The SMILES string of the molecule is CC1(C)c2ccccc2-c2c1ccc1oc3c(-c4cccc(-c5nc(-c6ccccc6)nc(-c6cccc7oc8ccccc8c67)n5)c4)cccc3c21. The van der Waals surface area contributed by atoms with E-state index in [-0.39, 0.29) is 5.41 Å². The van der Waals surface area contributed by atoms with Crippen LogP contribution in [0.25, 0.3) is 100 Å². The summed E-state index contributed by atoms with van der Waals surface area (Å²) < 4.78 is 13.0. The molecule has 0 unspecified atom stereocenters. The van der Waals surface area contributed by atoms with Crippen molar-refractivity contribution in [2.75, 3.05) is 0 Å². The molecule has 0 spiro atoms. The molecule has 0 atom stereocenters. The monoisotopic (exact) mass is 681 g/mol. The Morgan fingerprint density at radius 2 is 1.04 bits per heavy atom. The normalized spacial score (nSPS) is 13.2. The third kappa shape index (κ3) is 4.40. The maximum Gasteiger partial charge on any atom is 0.164 e. The highest BCUT2D eigenvalue weighted by Crippen LogP contribution is 2.53. The van der Waals surface area contributed by atoms with E-state index in [2.05, 4.69) is 105 Å². The van der Waals surface area contributed by atoms with Crippen LogP contribution >= 0.6 is 0 Å². The molecule has 0 aliphatic heterocycles. The Labute approximate surface area is 305 Å². The largest absolute Gasteiger partial charge is 0.456 e. The Kier molecular flexibility index (Phi) is 6.23. The van der Waals surface area contributed by atoms with E-state index in [1.807, 2.05) is 60.7 Å². The number of hydrogen-bond acceptors (Lipinski definition) is 5. The summed E-state index contributed by atoms with van der Waals surface area (Å²) in [5, 5.41) is 4.30. The molecule has 250 valence electrons. The van der Waals surface area contributed by atoms with Gasteiger partial charge in [0, 0.05) is 49.2 Å². The second-order valence-corrected chi connectivity index (χ2v) is 14.3. The van der Waals surface area contributed by atoms with Gasteiger partial charge in [-0.3, -0.25) is 0 Å². The molecule has 0 radical (unpaired) electrons. The Morgan fingerprint density at radius 1 is 0.415 bits per heavy atom. The van der Waals surface area contributed by atoms with Gasteiger partial charge in [0.05, 0.1) is 0 Å². The molecule has 0 saturated carbocycles. The van der Waals surface area contributed by atoms with Crippen molar-refractivity contribution >= 4 is 43.9 Å². The van der Waals surface area contributed by atoms with Crippen molar-refractivity contribution in [1.82, 2.24) is 15.0 Å². The maximum atomic E-state index is 6.76. The average molecular weight is 682 g/mol. The van der Waals surface area contributed by atoms with E-state index in [0.29, 0.717) is 17.5 Å². The second kappa shape index (κ2) is 11.1. The van der Waals surface area contributed by atoms with Crippen molar-refractivity contribution in [1.29, 1.82) is 0 Å². The number of aromatic nitrogens is 3. The Hall–Kier alpha value is -6.85. The van der Waals surface area contributed by atoms with E-state index in [9.17, 15) is 0 Å². The third-order valence-corrected chi connectivity index (χ3v) is 10.9. The van der Waals surface area contributed by atoms with Crippen molar-refractivity contribution in [2.45, 2.75) is 19.3 Å². The summed E-state index contributed by atoms with van der Waals surface area (Å²) in [6, 6.07) is 52.3. The van der Waals surface area contributed by atoms with Gasteiger partial charge in [0.15, 0.2) is 17.5 Å². The van der Waals surface area contributed by atoms with E-state index in [4.69, 9.17) is 23.8 Å². The van der Waals surface area contributed by atoms with Crippen LogP contribution in [0.5, 0.6) is 0 Å². The van der Waals surface area contributed by atoms with Gasteiger partial charge >= 0.3 is 0 Å². The van der Waals surface area contributed by atoms with E-state index in [1.54, 1.807) is 0 Å². The summed E-state index contributed by atoms with van der Waals surface area (Å²) in [4.78, 5) is 15.3. The number of nitrogens with zero attached hydrogens (tertiary/aromatic N) is 3. The van der Waals surface area contributed by atoms with Crippen LogP contribution in [0.1, 0.15) is 25.0 Å². The molecule has 10 aromatic rings. The highest BCUT2D eigenvalue weighted by atomic mass is 16.3. The predicted octanol–water partition coefficient (Wildman–Crippen LogP) is 12.6. The van der Waals surface area contributed by atoms with Gasteiger partial charge in [0.1, 0.15) is 22.3 Å². The topological polar surface area (TPSA) is 65.0 Å². The first-order chi connectivity index (χ1) is 26.0. The summed E-state index contributed by atoms with van der Waals surface area (Å²) in [5.74, 6) is 1.79. The molecule has 0 amide bonds. The zero-order valence-corrected chi connectivity index (χ0v) is 29.1. The van der Waals surface area contributed by atoms with Crippen LogP contribution < -0.4 is 0 Å². The van der Waals surface area contributed by atoms with Crippen LogP contribution in [0.15, 0.2) is 160 Å². The van der Waals surface area contributed by atoms with Crippen molar-refractivity contribution in [2.24, 2.45) is 0 Å². The summed E-state index contributed by atoms with van der Waals surface area (Å²) in [6.07, 6.45) is 0. The summed E-state index contributed by atoms with van der Waals surface area (Å²) in [5.41, 5.74) is 13.3. The minimum absolute atomic E-state index is 0.0894. The maximum absolute atomic E-state index is 6.76.